The highest BCUT2D eigenvalue weighted by atomic mass is 32.1. The Labute approximate surface area is 206 Å². The van der Waals surface area contributed by atoms with Gasteiger partial charge >= 0.3 is 0 Å². The normalized spacial score (nSPS) is 17.6. The number of hydrogen-bond donors (Lipinski definition) is 1. The molecule has 0 amide bonds. The maximum Gasteiger partial charge on any atom is 0.174 e. The van der Waals surface area contributed by atoms with Gasteiger partial charge in [-0.3, -0.25) is 4.98 Å². The molecule has 2 unspecified atom stereocenters. The number of nitrogens with zero attached hydrogens (tertiary/aromatic N) is 3. The second kappa shape index (κ2) is 8.95. The number of ether oxygens (including phenoxy) is 1. The smallest absolute Gasteiger partial charge is 0.174 e. The van der Waals surface area contributed by atoms with E-state index in [-0.39, 0.29) is 12.1 Å². The molecule has 2 aromatic heterocycles. The minimum Gasteiger partial charge on any atom is -0.495 e. The van der Waals surface area contributed by atoms with E-state index < -0.39 is 0 Å². The van der Waals surface area contributed by atoms with E-state index >= 15 is 0 Å². The first-order valence-electron chi connectivity index (χ1n) is 11.4. The van der Waals surface area contributed by atoms with Crippen LogP contribution in [0.5, 0.6) is 5.75 Å². The summed E-state index contributed by atoms with van der Waals surface area (Å²) < 4.78 is 8.06. The zero-order valence-corrected chi connectivity index (χ0v) is 20.6. The minimum atomic E-state index is -0.107. The highest BCUT2D eigenvalue weighted by Gasteiger charge is 2.43. The maximum absolute atomic E-state index is 5.91. The molecule has 0 saturated carbocycles. The van der Waals surface area contributed by atoms with Crippen molar-refractivity contribution in [2.24, 2.45) is 0 Å². The van der Waals surface area contributed by atoms with Gasteiger partial charge in [-0.1, -0.05) is 36.4 Å². The van der Waals surface area contributed by atoms with Gasteiger partial charge in [-0.25, -0.2) is 0 Å². The number of aryl methyl sites for hydroxylation is 2. The Morgan fingerprint density at radius 1 is 0.912 bits per heavy atom. The fraction of sp³-hybridized carbons (Fsp3) is 0.214. The molecule has 1 fully saturated rings. The molecular formula is C28H28N4OS. The molecular weight excluding hydrogens is 440 g/mol. The molecule has 3 heterocycles. The second-order valence-electron chi connectivity index (χ2n) is 8.62. The summed E-state index contributed by atoms with van der Waals surface area (Å²) in [5.41, 5.74) is 7.88. The van der Waals surface area contributed by atoms with Crippen LogP contribution in [-0.2, 0) is 0 Å². The third-order valence-corrected chi connectivity index (χ3v) is 6.90. The molecule has 0 radical (unpaired) electrons. The van der Waals surface area contributed by atoms with Crippen molar-refractivity contribution in [3.8, 4) is 11.4 Å². The number of benzene rings is 2. The van der Waals surface area contributed by atoms with Crippen LogP contribution in [0.2, 0.25) is 0 Å². The summed E-state index contributed by atoms with van der Waals surface area (Å²) in [5, 5.41) is 4.21. The predicted molar refractivity (Wildman–Crippen MR) is 141 cm³/mol. The van der Waals surface area contributed by atoms with Gasteiger partial charge < -0.3 is 19.5 Å². The molecule has 1 N–H and O–H groups in total. The van der Waals surface area contributed by atoms with Gasteiger partial charge in [0, 0.05) is 23.3 Å². The topological polar surface area (TPSA) is 42.3 Å². The number of nitrogens with one attached hydrogen (secondary N) is 1. The first-order valence-corrected chi connectivity index (χ1v) is 11.8. The molecule has 5 nitrogen and oxygen atoms in total. The molecule has 1 aliphatic heterocycles. The SMILES string of the molecule is COc1ccccc1N1C(=S)NC(c2ccccn2)C1c1cc(C)n(-c2ccccc2C)c1C. The molecule has 172 valence electrons. The van der Waals surface area contributed by atoms with E-state index in [0.29, 0.717) is 5.11 Å². The van der Waals surface area contributed by atoms with Crippen LogP contribution in [0.15, 0.2) is 79.0 Å². The van der Waals surface area contributed by atoms with Crippen LogP contribution in [0, 0.1) is 20.8 Å². The van der Waals surface area contributed by atoms with Gasteiger partial charge in [0.15, 0.2) is 5.11 Å². The average molecular weight is 469 g/mol. The zero-order valence-electron chi connectivity index (χ0n) is 19.8. The largest absolute Gasteiger partial charge is 0.495 e. The van der Waals surface area contributed by atoms with E-state index in [1.165, 1.54) is 28.2 Å². The Morgan fingerprint density at radius 3 is 2.32 bits per heavy atom. The van der Waals surface area contributed by atoms with Crippen molar-refractivity contribution in [1.29, 1.82) is 0 Å². The van der Waals surface area contributed by atoms with Crippen LogP contribution in [0.25, 0.3) is 5.69 Å². The lowest BCUT2D eigenvalue weighted by molar-refractivity contribution is 0.414. The summed E-state index contributed by atoms with van der Waals surface area (Å²) in [5.74, 6) is 0.783. The molecule has 2 aromatic carbocycles. The van der Waals surface area contributed by atoms with Gasteiger partial charge in [0.05, 0.1) is 30.6 Å². The van der Waals surface area contributed by atoms with E-state index in [1.54, 1.807) is 7.11 Å². The maximum atomic E-state index is 5.91. The first-order chi connectivity index (χ1) is 16.5. The summed E-state index contributed by atoms with van der Waals surface area (Å²) in [6, 6.07) is 24.6. The van der Waals surface area contributed by atoms with Gasteiger partial charge in [-0.2, -0.15) is 0 Å². The number of aromatic nitrogens is 2. The Bertz CT molecular complexity index is 1350. The average Bonchev–Trinajstić information content (AvgIpc) is 3.35. The Balaban J connectivity index is 1.72. The van der Waals surface area contributed by atoms with Crippen LogP contribution in [0.1, 0.15) is 40.3 Å². The number of pyridine rings is 1. The number of thiocarbonyl (C=S) groups is 1. The zero-order chi connectivity index (χ0) is 23.8. The standard InChI is InChI=1S/C28H28N4OS/c1-18-11-5-6-13-23(18)31-19(2)17-21(20(31)3)27-26(22-12-9-10-16-29-22)30-28(34)32(27)24-14-7-8-15-25(24)33-4/h5-17,26-27H,1-4H3,(H,30,34). The molecule has 0 spiro atoms. The first kappa shape index (κ1) is 22.2. The van der Waals surface area contributed by atoms with E-state index in [2.05, 4.69) is 83.0 Å². The lowest BCUT2D eigenvalue weighted by atomic mass is 9.96. The third-order valence-electron chi connectivity index (χ3n) is 6.59. The summed E-state index contributed by atoms with van der Waals surface area (Å²) in [7, 11) is 1.70. The number of hydrogen-bond acceptors (Lipinski definition) is 3. The number of methoxy groups -OCH3 is 1. The number of para-hydroxylation sites is 3. The van der Waals surface area contributed by atoms with Crippen LogP contribution in [-0.4, -0.2) is 21.8 Å². The molecule has 0 bridgehead atoms. The molecule has 1 aliphatic rings. The Hall–Kier alpha value is -3.64. The van der Waals surface area contributed by atoms with Crippen LogP contribution >= 0.6 is 12.2 Å². The summed E-state index contributed by atoms with van der Waals surface area (Å²) >= 11 is 5.91. The Morgan fingerprint density at radius 2 is 1.62 bits per heavy atom. The monoisotopic (exact) mass is 468 g/mol. The summed E-state index contributed by atoms with van der Waals surface area (Å²) in [6.07, 6.45) is 1.83. The van der Waals surface area contributed by atoms with Crippen molar-refractivity contribution in [3.05, 3.63) is 107 Å². The van der Waals surface area contributed by atoms with E-state index in [0.717, 1.165) is 17.1 Å². The van der Waals surface area contributed by atoms with Crippen molar-refractivity contribution in [2.75, 3.05) is 12.0 Å². The van der Waals surface area contributed by atoms with Crippen molar-refractivity contribution in [3.63, 3.8) is 0 Å². The fourth-order valence-corrected chi connectivity index (χ4v) is 5.37. The molecule has 34 heavy (non-hydrogen) atoms. The molecule has 6 heteroatoms. The summed E-state index contributed by atoms with van der Waals surface area (Å²) in [6.45, 7) is 6.50. The highest BCUT2D eigenvalue weighted by molar-refractivity contribution is 7.80. The number of anilines is 1. The quantitative estimate of drug-likeness (QED) is 0.365. The summed E-state index contributed by atoms with van der Waals surface area (Å²) in [4.78, 5) is 6.86. The second-order valence-corrected chi connectivity index (χ2v) is 9.00. The molecule has 2 atom stereocenters. The van der Waals surface area contributed by atoms with Gasteiger partial charge in [0.1, 0.15) is 5.75 Å². The van der Waals surface area contributed by atoms with E-state index in [1.807, 2.05) is 36.5 Å². The van der Waals surface area contributed by atoms with Crippen molar-refractivity contribution in [2.45, 2.75) is 32.9 Å². The molecule has 0 aliphatic carbocycles. The Kier molecular flexibility index (Phi) is 5.84. The third kappa shape index (κ3) is 3.64. The molecule has 1 saturated heterocycles. The van der Waals surface area contributed by atoms with Crippen LogP contribution in [0.3, 0.4) is 0 Å². The lowest BCUT2D eigenvalue weighted by Crippen LogP contribution is -2.30. The van der Waals surface area contributed by atoms with Crippen molar-refractivity contribution >= 4 is 23.0 Å². The van der Waals surface area contributed by atoms with Gasteiger partial charge in [-0.15, -0.1) is 0 Å². The van der Waals surface area contributed by atoms with E-state index in [9.17, 15) is 0 Å². The lowest BCUT2D eigenvalue weighted by Gasteiger charge is -2.29. The molecule has 5 rings (SSSR count). The van der Waals surface area contributed by atoms with Gasteiger partial charge in [0.25, 0.3) is 0 Å². The molecule has 4 aromatic rings. The van der Waals surface area contributed by atoms with Crippen LogP contribution in [0.4, 0.5) is 5.69 Å². The van der Waals surface area contributed by atoms with Crippen LogP contribution < -0.4 is 15.0 Å². The van der Waals surface area contributed by atoms with Crippen molar-refractivity contribution < 1.29 is 4.74 Å². The van der Waals surface area contributed by atoms with E-state index in [4.69, 9.17) is 17.0 Å². The van der Waals surface area contributed by atoms with Gasteiger partial charge in [0.2, 0.25) is 0 Å². The minimum absolute atomic E-state index is 0.0948. The van der Waals surface area contributed by atoms with Gasteiger partial charge in [-0.05, 0) is 80.5 Å². The highest BCUT2D eigenvalue weighted by Crippen LogP contribution is 2.46. The van der Waals surface area contributed by atoms with Crippen molar-refractivity contribution in [1.82, 2.24) is 14.9 Å². The number of rotatable bonds is 5. The fourth-order valence-electron chi connectivity index (χ4n) is 5.03. The predicted octanol–water partition coefficient (Wildman–Crippen LogP) is 5.98.